The van der Waals surface area contributed by atoms with Crippen LogP contribution < -0.4 is 24.4 Å². The van der Waals surface area contributed by atoms with E-state index in [0.29, 0.717) is 35.6 Å². The van der Waals surface area contributed by atoms with E-state index >= 15 is 0 Å². The molecule has 4 aromatic rings. The molecule has 4 heterocycles. The second-order valence-electron chi connectivity index (χ2n) is 7.66. The lowest BCUT2D eigenvalue weighted by Crippen LogP contribution is -2.23. The van der Waals surface area contributed by atoms with Crippen molar-refractivity contribution >= 4 is 23.1 Å². The van der Waals surface area contributed by atoms with E-state index in [1.807, 2.05) is 41.2 Å². The van der Waals surface area contributed by atoms with Gasteiger partial charge in [-0.1, -0.05) is 0 Å². The molecular formula is C22H25N7O4. The number of anilines is 3. The van der Waals surface area contributed by atoms with Gasteiger partial charge in [-0.05, 0) is 18.6 Å². The molecule has 3 aromatic heterocycles. The van der Waals surface area contributed by atoms with Crippen LogP contribution in [0, 0.1) is 0 Å². The van der Waals surface area contributed by atoms with Gasteiger partial charge in [-0.3, -0.25) is 0 Å². The van der Waals surface area contributed by atoms with Crippen LogP contribution in [0.5, 0.6) is 17.2 Å². The first kappa shape index (κ1) is 20.9. The standard InChI is InChI=1S/C22H25N7O4/c1-31-17-9-14(10-18(32-2)20(17)33-3)28-12-19(23-13-28)24-22-25-21(27-8-6-15(30)11-27)16-5-4-7-29(16)26-22/h4-5,7,9-10,12-13,15,30H,6,8,11H2,1-3H3,(H,24,26)/t15-/m1/s1. The number of hydrogen-bond donors (Lipinski definition) is 2. The summed E-state index contributed by atoms with van der Waals surface area (Å²) in [4.78, 5) is 11.2. The van der Waals surface area contributed by atoms with Crippen molar-refractivity contribution in [3.05, 3.63) is 43.0 Å². The van der Waals surface area contributed by atoms with E-state index in [4.69, 9.17) is 19.2 Å². The molecule has 0 bridgehead atoms. The number of aromatic nitrogens is 5. The number of imidazole rings is 1. The van der Waals surface area contributed by atoms with Crippen LogP contribution in [0.1, 0.15) is 6.42 Å². The third-order valence-electron chi connectivity index (χ3n) is 5.60. The van der Waals surface area contributed by atoms with Gasteiger partial charge in [-0.2, -0.15) is 4.98 Å². The molecule has 1 atom stereocenters. The van der Waals surface area contributed by atoms with Gasteiger partial charge in [-0.25, -0.2) is 9.50 Å². The Morgan fingerprint density at radius 2 is 1.91 bits per heavy atom. The Labute approximate surface area is 190 Å². The normalized spacial score (nSPS) is 15.8. The van der Waals surface area contributed by atoms with Crippen molar-refractivity contribution in [1.82, 2.24) is 24.1 Å². The number of benzene rings is 1. The minimum atomic E-state index is -0.347. The Morgan fingerprint density at radius 1 is 1.12 bits per heavy atom. The molecule has 0 aliphatic carbocycles. The van der Waals surface area contributed by atoms with Gasteiger partial charge in [-0.15, -0.1) is 5.10 Å². The summed E-state index contributed by atoms with van der Waals surface area (Å²) >= 11 is 0. The smallest absolute Gasteiger partial charge is 0.248 e. The second-order valence-corrected chi connectivity index (χ2v) is 7.66. The van der Waals surface area contributed by atoms with E-state index < -0.39 is 0 Å². The fourth-order valence-corrected chi connectivity index (χ4v) is 4.00. The van der Waals surface area contributed by atoms with Crippen LogP contribution in [0.15, 0.2) is 43.0 Å². The lowest BCUT2D eigenvalue weighted by Gasteiger charge is -2.18. The summed E-state index contributed by atoms with van der Waals surface area (Å²) in [6, 6.07) is 7.56. The van der Waals surface area contributed by atoms with Gasteiger partial charge in [0.25, 0.3) is 0 Å². The van der Waals surface area contributed by atoms with Crippen molar-refractivity contribution in [1.29, 1.82) is 0 Å². The van der Waals surface area contributed by atoms with Crippen molar-refractivity contribution in [2.24, 2.45) is 0 Å². The van der Waals surface area contributed by atoms with E-state index in [0.717, 1.165) is 30.0 Å². The summed E-state index contributed by atoms with van der Waals surface area (Å²) < 4.78 is 19.9. The molecule has 11 nitrogen and oxygen atoms in total. The number of nitrogens with zero attached hydrogens (tertiary/aromatic N) is 6. The number of hydrogen-bond acceptors (Lipinski definition) is 9. The maximum atomic E-state index is 9.96. The minimum Gasteiger partial charge on any atom is -0.493 e. The monoisotopic (exact) mass is 451 g/mol. The van der Waals surface area contributed by atoms with Gasteiger partial charge in [0, 0.05) is 31.4 Å². The van der Waals surface area contributed by atoms with Gasteiger partial charge in [0.2, 0.25) is 11.7 Å². The number of methoxy groups -OCH3 is 3. The molecule has 1 fully saturated rings. The van der Waals surface area contributed by atoms with Gasteiger partial charge in [0.1, 0.15) is 11.8 Å². The van der Waals surface area contributed by atoms with Crippen LogP contribution in [-0.2, 0) is 0 Å². The number of fused-ring (bicyclic) bond motifs is 1. The summed E-state index contributed by atoms with van der Waals surface area (Å²) in [6.45, 7) is 1.29. The van der Waals surface area contributed by atoms with Crippen molar-refractivity contribution in [3.63, 3.8) is 0 Å². The lowest BCUT2D eigenvalue weighted by atomic mass is 10.2. The van der Waals surface area contributed by atoms with Gasteiger partial charge in [0.15, 0.2) is 23.1 Å². The molecule has 2 N–H and O–H groups in total. The summed E-state index contributed by atoms with van der Waals surface area (Å²) in [5, 5.41) is 17.7. The number of β-amino-alcohol motifs (C(OH)–C–C–N with tert-alkyl or cyclic N) is 1. The lowest BCUT2D eigenvalue weighted by molar-refractivity contribution is 0.198. The molecule has 5 rings (SSSR count). The first-order valence-electron chi connectivity index (χ1n) is 10.5. The maximum absolute atomic E-state index is 9.96. The van der Waals surface area contributed by atoms with Crippen LogP contribution in [0.3, 0.4) is 0 Å². The molecule has 1 aromatic carbocycles. The zero-order chi connectivity index (χ0) is 22.9. The summed E-state index contributed by atoms with van der Waals surface area (Å²) in [6.07, 6.45) is 5.74. The Kier molecular flexibility index (Phi) is 5.38. The molecular weight excluding hydrogens is 426 g/mol. The number of aliphatic hydroxyl groups is 1. The first-order valence-corrected chi connectivity index (χ1v) is 10.5. The number of nitrogens with one attached hydrogen (secondary N) is 1. The number of aliphatic hydroxyl groups excluding tert-OH is 1. The predicted octanol–water partition coefficient (Wildman–Crippen LogP) is 2.26. The Balaban J connectivity index is 1.45. The summed E-state index contributed by atoms with van der Waals surface area (Å²) in [5.74, 6) is 3.38. The number of ether oxygens (including phenoxy) is 3. The molecule has 0 radical (unpaired) electrons. The summed E-state index contributed by atoms with van der Waals surface area (Å²) in [7, 11) is 4.72. The molecule has 11 heteroatoms. The highest BCUT2D eigenvalue weighted by Crippen LogP contribution is 2.39. The Hall–Kier alpha value is -3.99. The van der Waals surface area contributed by atoms with Crippen molar-refractivity contribution in [2.75, 3.05) is 44.6 Å². The highest BCUT2D eigenvalue weighted by Gasteiger charge is 2.24. The van der Waals surface area contributed by atoms with Crippen LogP contribution in [-0.4, -0.2) is 69.8 Å². The molecule has 0 amide bonds. The number of rotatable bonds is 7. The maximum Gasteiger partial charge on any atom is 0.248 e. The third-order valence-corrected chi connectivity index (χ3v) is 5.60. The molecule has 0 saturated carbocycles. The molecule has 172 valence electrons. The Bertz CT molecular complexity index is 1260. The van der Waals surface area contributed by atoms with E-state index in [9.17, 15) is 5.11 Å². The van der Waals surface area contributed by atoms with Crippen LogP contribution in [0.4, 0.5) is 17.6 Å². The van der Waals surface area contributed by atoms with Crippen molar-refractivity contribution < 1.29 is 19.3 Å². The molecule has 1 saturated heterocycles. The third kappa shape index (κ3) is 3.87. The highest BCUT2D eigenvalue weighted by atomic mass is 16.5. The first-order chi connectivity index (χ1) is 16.1. The Morgan fingerprint density at radius 3 is 2.58 bits per heavy atom. The van der Waals surface area contributed by atoms with Crippen molar-refractivity contribution in [3.8, 4) is 22.9 Å². The zero-order valence-electron chi connectivity index (χ0n) is 18.6. The van der Waals surface area contributed by atoms with E-state index in [2.05, 4.69) is 20.3 Å². The molecule has 0 spiro atoms. The molecule has 1 aliphatic heterocycles. The van der Waals surface area contributed by atoms with Crippen molar-refractivity contribution in [2.45, 2.75) is 12.5 Å². The van der Waals surface area contributed by atoms with E-state index in [-0.39, 0.29) is 6.10 Å². The summed E-state index contributed by atoms with van der Waals surface area (Å²) in [5.41, 5.74) is 1.68. The topological polar surface area (TPSA) is 111 Å². The van der Waals surface area contributed by atoms with E-state index in [1.54, 1.807) is 32.2 Å². The molecule has 1 aliphatic rings. The van der Waals surface area contributed by atoms with Crippen LogP contribution in [0.25, 0.3) is 11.2 Å². The van der Waals surface area contributed by atoms with Crippen LogP contribution >= 0.6 is 0 Å². The zero-order valence-corrected chi connectivity index (χ0v) is 18.6. The van der Waals surface area contributed by atoms with E-state index in [1.165, 1.54) is 0 Å². The predicted molar refractivity (Wildman–Crippen MR) is 122 cm³/mol. The quantitative estimate of drug-likeness (QED) is 0.437. The SMILES string of the molecule is COc1cc(-n2cnc(Nc3nc(N4CC[C@@H](O)C4)c4cccn4n3)c2)cc(OC)c1OC. The largest absolute Gasteiger partial charge is 0.493 e. The minimum absolute atomic E-state index is 0.347. The van der Waals surface area contributed by atoms with Gasteiger partial charge in [0.05, 0.1) is 39.3 Å². The van der Waals surface area contributed by atoms with Gasteiger partial charge < -0.3 is 34.1 Å². The fourth-order valence-electron chi connectivity index (χ4n) is 4.00. The molecule has 33 heavy (non-hydrogen) atoms. The second kappa shape index (κ2) is 8.51. The average Bonchev–Trinajstić information content (AvgIpc) is 3.58. The fraction of sp³-hybridized carbons (Fsp3) is 0.318. The molecule has 0 unspecified atom stereocenters. The van der Waals surface area contributed by atoms with Gasteiger partial charge >= 0.3 is 0 Å². The average molecular weight is 451 g/mol. The highest BCUT2D eigenvalue weighted by molar-refractivity contribution is 5.71. The van der Waals surface area contributed by atoms with Crippen LogP contribution in [0.2, 0.25) is 0 Å².